The van der Waals surface area contributed by atoms with Crippen molar-refractivity contribution >= 4 is 15.8 Å². The van der Waals surface area contributed by atoms with Crippen LogP contribution in [0, 0.1) is 0 Å². The SMILES string of the molecule is Nc1cc(S(=O)(=O)NCCc2ccccc2)ccn1. The van der Waals surface area contributed by atoms with Gasteiger partial charge in [-0.3, -0.25) is 0 Å². The summed E-state index contributed by atoms with van der Waals surface area (Å²) in [5.74, 6) is 0.186. The zero-order valence-electron chi connectivity index (χ0n) is 10.3. The van der Waals surface area contributed by atoms with E-state index in [-0.39, 0.29) is 10.7 Å². The number of sulfonamides is 1. The molecule has 1 heterocycles. The number of aromatic nitrogens is 1. The van der Waals surface area contributed by atoms with E-state index in [0.29, 0.717) is 13.0 Å². The molecule has 1 aromatic heterocycles. The number of nitrogen functional groups attached to an aromatic ring is 1. The highest BCUT2D eigenvalue weighted by molar-refractivity contribution is 7.89. The van der Waals surface area contributed by atoms with Crippen LogP contribution < -0.4 is 10.5 Å². The zero-order valence-corrected chi connectivity index (χ0v) is 11.1. The molecule has 0 fully saturated rings. The standard InChI is InChI=1S/C13H15N3O2S/c14-13-10-12(7-8-15-13)19(17,18)16-9-6-11-4-2-1-3-5-11/h1-5,7-8,10,16H,6,9H2,(H2,14,15). The third kappa shape index (κ3) is 3.77. The van der Waals surface area contributed by atoms with Crippen LogP contribution >= 0.6 is 0 Å². The van der Waals surface area contributed by atoms with Crippen LogP contribution in [0.2, 0.25) is 0 Å². The number of rotatable bonds is 5. The quantitative estimate of drug-likeness (QED) is 0.859. The first kappa shape index (κ1) is 13.5. The second-order valence-corrected chi connectivity index (χ2v) is 5.82. The number of benzene rings is 1. The summed E-state index contributed by atoms with van der Waals surface area (Å²) < 4.78 is 26.5. The van der Waals surface area contributed by atoms with Crippen molar-refractivity contribution in [3.05, 3.63) is 54.2 Å². The van der Waals surface area contributed by atoms with Crippen molar-refractivity contribution in [2.24, 2.45) is 0 Å². The summed E-state index contributed by atoms with van der Waals surface area (Å²) >= 11 is 0. The van der Waals surface area contributed by atoms with Crippen molar-refractivity contribution < 1.29 is 8.42 Å². The van der Waals surface area contributed by atoms with Crippen molar-refractivity contribution in [2.45, 2.75) is 11.3 Å². The molecule has 19 heavy (non-hydrogen) atoms. The lowest BCUT2D eigenvalue weighted by Gasteiger charge is -2.07. The molecule has 0 unspecified atom stereocenters. The maximum Gasteiger partial charge on any atom is 0.240 e. The molecule has 0 aliphatic rings. The number of pyridine rings is 1. The molecule has 1 aromatic carbocycles. The van der Waals surface area contributed by atoms with Gasteiger partial charge in [0.15, 0.2) is 0 Å². The molecule has 3 N–H and O–H groups in total. The molecular formula is C13H15N3O2S. The highest BCUT2D eigenvalue weighted by atomic mass is 32.2. The van der Waals surface area contributed by atoms with Gasteiger partial charge in [0.2, 0.25) is 10.0 Å². The van der Waals surface area contributed by atoms with E-state index in [1.165, 1.54) is 18.3 Å². The smallest absolute Gasteiger partial charge is 0.240 e. The summed E-state index contributed by atoms with van der Waals surface area (Å²) in [6, 6.07) is 12.4. The monoisotopic (exact) mass is 277 g/mol. The van der Waals surface area contributed by atoms with Crippen molar-refractivity contribution in [2.75, 3.05) is 12.3 Å². The Morgan fingerprint density at radius 2 is 1.89 bits per heavy atom. The van der Waals surface area contributed by atoms with E-state index < -0.39 is 10.0 Å². The van der Waals surface area contributed by atoms with E-state index in [2.05, 4.69) is 9.71 Å². The molecule has 2 rings (SSSR count). The molecule has 0 atom stereocenters. The Hall–Kier alpha value is -1.92. The third-order valence-electron chi connectivity index (χ3n) is 2.61. The van der Waals surface area contributed by atoms with E-state index in [9.17, 15) is 8.42 Å². The highest BCUT2D eigenvalue weighted by Crippen LogP contribution is 2.10. The number of hydrogen-bond acceptors (Lipinski definition) is 4. The molecule has 0 aliphatic heterocycles. The average Bonchev–Trinajstić information content (AvgIpc) is 2.40. The molecule has 0 bridgehead atoms. The predicted octanol–water partition coefficient (Wildman–Crippen LogP) is 1.18. The van der Waals surface area contributed by atoms with Crippen LogP contribution in [0.1, 0.15) is 5.56 Å². The fourth-order valence-corrected chi connectivity index (χ4v) is 2.71. The minimum atomic E-state index is -3.52. The fraction of sp³-hybridized carbons (Fsp3) is 0.154. The lowest BCUT2D eigenvalue weighted by atomic mass is 10.2. The number of nitrogens with two attached hydrogens (primary N) is 1. The summed E-state index contributed by atoms with van der Waals surface area (Å²) in [5, 5.41) is 0. The van der Waals surface area contributed by atoms with Crippen LogP contribution in [0.5, 0.6) is 0 Å². The molecule has 5 nitrogen and oxygen atoms in total. The average molecular weight is 277 g/mol. The maximum atomic E-state index is 12.0. The summed E-state index contributed by atoms with van der Waals surface area (Å²) in [6.07, 6.45) is 2.02. The molecule has 0 spiro atoms. The van der Waals surface area contributed by atoms with Gasteiger partial charge in [-0.25, -0.2) is 18.1 Å². The molecule has 2 aromatic rings. The second kappa shape index (κ2) is 5.81. The van der Waals surface area contributed by atoms with Crippen LogP contribution in [0.25, 0.3) is 0 Å². The number of anilines is 1. The van der Waals surface area contributed by atoms with Crippen LogP contribution in [0.3, 0.4) is 0 Å². The Kier molecular flexibility index (Phi) is 4.13. The van der Waals surface area contributed by atoms with Gasteiger partial charge < -0.3 is 5.73 Å². The van der Waals surface area contributed by atoms with Gasteiger partial charge in [0, 0.05) is 18.8 Å². The fourth-order valence-electron chi connectivity index (χ4n) is 1.65. The molecule has 0 amide bonds. The maximum absolute atomic E-state index is 12.0. The lowest BCUT2D eigenvalue weighted by Crippen LogP contribution is -2.26. The first-order chi connectivity index (χ1) is 9.08. The zero-order chi connectivity index (χ0) is 13.7. The van der Waals surface area contributed by atoms with Crippen molar-refractivity contribution in [3.8, 4) is 0 Å². The predicted molar refractivity (Wildman–Crippen MR) is 74.0 cm³/mol. The molecule has 0 radical (unpaired) electrons. The molecule has 6 heteroatoms. The van der Waals surface area contributed by atoms with E-state index in [4.69, 9.17) is 5.73 Å². The lowest BCUT2D eigenvalue weighted by molar-refractivity contribution is 0.581. The van der Waals surface area contributed by atoms with Crippen molar-refractivity contribution in [3.63, 3.8) is 0 Å². The summed E-state index contributed by atoms with van der Waals surface area (Å²) in [5.41, 5.74) is 6.55. The van der Waals surface area contributed by atoms with Gasteiger partial charge in [-0.05, 0) is 18.1 Å². The minimum Gasteiger partial charge on any atom is -0.384 e. The molecular weight excluding hydrogens is 262 g/mol. The van der Waals surface area contributed by atoms with E-state index in [0.717, 1.165) is 5.56 Å². The largest absolute Gasteiger partial charge is 0.384 e. The molecule has 0 saturated heterocycles. The van der Waals surface area contributed by atoms with Crippen LogP contribution in [0.4, 0.5) is 5.82 Å². The van der Waals surface area contributed by atoms with Crippen LogP contribution in [0.15, 0.2) is 53.6 Å². The van der Waals surface area contributed by atoms with E-state index in [1.54, 1.807) is 0 Å². The Labute approximate surface area is 112 Å². The minimum absolute atomic E-state index is 0.132. The molecule has 100 valence electrons. The highest BCUT2D eigenvalue weighted by Gasteiger charge is 2.13. The summed E-state index contributed by atoms with van der Waals surface area (Å²) in [6.45, 7) is 0.342. The first-order valence-corrected chi connectivity index (χ1v) is 7.31. The van der Waals surface area contributed by atoms with Gasteiger partial charge in [-0.15, -0.1) is 0 Å². The van der Waals surface area contributed by atoms with Gasteiger partial charge in [-0.1, -0.05) is 30.3 Å². The normalized spacial score (nSPS) is 11.4. The summed E-state index contributed by atoms with van der Waals surface area (Å²) in [4.78, 5) is 3.90. The molecule has 0 saturated carbocycles. The van der Waals surface area contributed by atoms with Gasteiger partial charge in [0.1, 0.15) is 5.82 Å². The number of nitrogens with one attached hydrogen (secondary N) is 1. The first-order valence-electron chi connectivity index (χ1n) is 5.83. The number of hydrogen-bond donors (Lipinski definition) is 2. The van der Waals surface area contributed by atoms with Gasteiger partial charge in [-0.2, -0.15) is 0 Å². The second-order valence-electron chi connectivity index (χ2n) is 4.05. The summed E-state index contributed by atoms with van der Waals surface area (Å²) in [7, 11) is -3.52. The van der Waals surface area contributed by atoms with Gasteiger partial charge >= 0.3 is 0 Å². The van der Waals surface area contributed by atoms with Crippen LogP contribution in [-0.2, 0) is 16.4 Å². The Balaban J connectivity index is 1.99. The van der Waals surface area contributed by atoms with Crippen LogP contribution in [-0.4, -0.2) is 19.9 Å². The van der Waals surface area contributed by atoms with Crippen molar-refractivity contribution in [1.82, 2.24) is 9.71 Å². The van der Waals surface area contributed by atoms with Gasteiger partial charge in [0.25, 0.3) is 0 Å². The third-order valence-corrected chi connectivity index (χ3v) is 4.07. The number of nitrogens with zero attached hydrogens (tertiary/aromatic N) is 1. The Bertz CT molecular complexity index is 642. The van der Waals surface area contributed by atoms with E-state index >= 15 is 0 Å². The van der Waals surface area contributed by atoms with E-state index in [1.807, 2.05) is 30.3 Å². The Morgan fingerprint density at radius 3 is 2.58 bits per heavy atom. The molecule has 0 aliphatic carbocycles. The topological polar surface area (TPSA) is 85.1 Å². The Morgan fingerprint density at radius 1 is 1.16 bits per heavy atom. The van der Waals surface area contributed by atoms with Gasteiger partial charge in [0.05, 0.1) is 4.90 Å². The van der Waals surface area contributed by atoms with Crippen molar-refractivity contribution in [1.29, 1.82) is 0 Å².